The maximum absolute atomic E-state index is 13.7. The van der Waals surface area contributed by atoms with Gasteiger partial charge in [0.1, 0.15) is 0 Å². The van der Waals surface area contributed by atoms with Gasteiger partial charge in [-0.1, -0.05) is 53.7 Å². The summed E-state index contributed by atoms with van der Waals surface area (Å²) in [6, 6.07) is 10.1. The van der Waals surface area contributed by atoms with Crippen molar-refractivity contribution in [3.8, 4) is 0 Å². The predicted molar refractivity (Wildman–Crippen MR) is 134 cm³/mol. The molecule has 0 spiro atoms. The van der Waals surface area contributed by atoms with Crippen LogP contribution in [-0.2, 0) is 10.0 Å². The highest BCUT2D eigenvalue weighted by Gasteiger charge is 2.27. The third kappa shape index (κ3) is 5.82. The van der Waals surface area contributed by atoms with Gasteiger partial charge in [0.25, 0.3) is 10.0 Å². The molecule has 0 aromatic heterocycles. The van der Waals surface area contributed by atoms with Crippen molar-refractivity contribution in [3.63, 3.8) is 0 Å². The van der Waals surface area contributed by atoms with Gasteiger partial charge in [-0.3, -0.25) is 4.72 Å². The largest absolute Gasteiger partial charge is 0.372 e. The topological polar surface area (TPSA) is 49.4 Å². The van der Waals surface area contributed by atoms with Gasteiger partial charge in [0.15, 0.2) is 0 Å². The van der Waals surface area contributed by atoms with Crippen LogP contribution in [0.5, 0.6) is 0 Å². The normalized spacial score (nSPS) is 12.1. The van der Waals surface area contributed by atoms with Crippen LogP contribution in [0.2, 0.25) is 0 Å². The number of hydrogen-bond donors (Lipinski definition) is 1. The van der Waals surface area contributed by atoms with Crippen LogP contribution in [-0.4, -0.2) is 21.5 Å². The minimum Gasteiger partial charge on any atom is -0.372 e. The molecule has 0 saturated carbocycles. The highest BCUT2D eigenvalue weighted by molar-refractivity contribution is 7.92. The summed E-state index contributed by atoms with van der Waals surface area (Å²) in [7, 11) is -3.75. The van der Waals surface area contributed by atoms with Crippen LogP contribution in [0.15, 0.2) is 35.2 Å². The highest BCUT2D eigenvalue weighted by atomic mass is 32.2. The highest BCUT2D eigenvalue weighted by Crippen LogP contribution is 2.36. The minimum absolute atomic E-state index is 0.103. The average Bonchev–Trinajstić information content (AvgIpc) is 2.66. The lowest BCUT2D eigenvalue weighted by Crippen LogP contribution is -2.23. The Balaban J connectivity index is 2.65. The Morgan fingerprint density at radius 3 is 1.74 bits per heavy atom. The van der Waals surface area contributed by atoms with Crippen LogP contribution in [0.3, 0.4) is 0 Å². The quantitative estimate of drug-likeness (QED) is 0.452. The zero-order chi connectivity index (χ0) is 23.5. The van der Waals surface area contributed by atoms with Crippen molar-refractivity contribution < 1.29 is 8.42 Å². The van der Waals surface area contributed by atoms with E-state index in [0.717, 1.165) is 35.5 Å². The molecule has 0 aliphatic heterocycles. The first-order valence-corrected chi connectivity index (χ1v) is 13.0. The second-order valence-corrected chi connectivity index (χ2v) is 10.9. The van der Waals surface area contributed by atoms with E-state index in [2.05, 4.69) is 83.2 Å². The first kappa shape index (κ1) is 25.3. The van der Waals surface area contributed by atoms with Crippen molar-refractivity contribution in [2.24, 2.45) is 0 Å². The van der Waals surface area contributed by atoms with Crippen molar-refractivity contribution >= 4 is 21.4 Å². The molecule has 0 amide bonds. The molecule has 0 bridgehead atoms. The maximum Gasteiger partial charge on any atom is 0.262 e. The Morgan fingerprint density at radius 2 is 1.32 bits per heavy atom. The average molecular weight is 445 g/mol. The summed E-state index contributed by atoms with van der Waals surface area (Å²) in [5, 5.41) is 0. The molecule has 0 radical (unpaired) electrons. The van der Waals surface area contributed by atoms with Gasteiger partial charge in [-0.05, 0) is 79.0 Å². The molecule has 4 nitrogen and oxygen atoms in total. The van der Waals surface area contributed by atoms with Gasteiger partial charge in [-0.25, -0.2) is 8.42 Å². The van der Waals surface area contributed by atoms with E-state index in [1.807, 2.05) is 19.1 Å². The fourth-order valence-corrected chi connectivity index (χ4v) is 5.74. The zero-order valence-electron chi connectivity index (χ0n) is 20.7. The molecule has 172 valence electrons. The number of hydrogen-bond acceptors (Lipinski definition) is 3. The van der Waals surface area contributed by atoms with Gasteiger partial charge in [0.05, 0.1) is 10.6 Å². The molecule has 0 atom stereocenters. The van der Waals surface area contributed by atoms with Crippen molar-refractivity contribution in [2.45, 2.75) is 85.0 Å². The van der Waals surface area contributed by atoms with E-state index in [-0.39, 0.29) is 11.8 Å². The monoisotopic (exact) mass is 444 g/mol. The summed E-state index contributed by atoms with van der Waals surface area (Å²) in [5.74, 6) is 0.547. The fraction of sp³-hybridized carbons (Fsp3) is 0.538. The van der Waals surface area contributed by atoms with Crippen LogP contribution in [0.1, 0.15) is 95.4 Å². The summed E-state index contributed by atoms with van der Waals surface area (Å²) in [6.07, 6.45) is 0. The number of benzene rings is 2. The second-order valence-electron chi connectivity index (χ2n) is 9.33. The summed E-state index contributed by atoms with van der Waals surface area (Å²) in [5.41, 5.74) is 5.64. The predicted octanol–water partition coefficient (Wildman–Crippen LogP) is 7.01. The van der Waals surface area contributed by atoms with E-state index >= 15 is 0 Å². The number of sulfonamides is 1. The van der Waals surface area contributed by atoms with Gasteiger partial charge < -0.3 is 4.90 Å². The molecule has 2 aromatic rings. The molecule has 0 fully saturated rings. The molecule has 1 N–H and O–H groups in total. The first-order chi connectivity index (χ1) is 14.4. The van der Waals surface area contributed by atoms with Gasteiger partial charge >= 0.3 is 0 Å². The number of aryl methyl sites for hydroxylation is 1. The lowest BCUT2D eigenvalue weighted by molar-refractivity contribution is 0.595. The number of nitrogens with one attached hydrogen (secondary N) is 1. The van der Waals surface area contributed by atoms with Gasteiger partial charge in [0.2, 0.25) is 0 Å². The van der Waals surface area contributed by atoms with Crippen LogP contribution in [0.4, 0.5) is 11.4 Å². The van der Waals surface area contributed by atoms with Crippen LogP contribution in [0.25, 0.3) is 0 Å². The second kappa shape index (κ2) is 10.1. The molecular weight excluding hydrogens is 404 g/mol. The molecule has 0 unspecified atom stereocenters. The summed E-state index contributed by atoms with van der Waals surface area (Å²) in [4.78, 5) is 2.66. The van der Waals surface area contributed by atoms with Gasteiger partial charge in [-0.15, -0.1) is 0 Å². The Hall–Kier alpha value is -2.01. The van der Waals surface area contributed by atoms with Crippen LogP contribution < -0.4 is 9.62 Å². The van der Waals surface area contributed by atoms with Crippen LogP contribution in [0, 0.1) is 6.92 Å². The molecule has 0 saturated heterocycles. The van der Waals surface area contributed by atoms with E-state index in [1.165, 1.54) is 5.56 Å². The first-order valence-electron chi connectivity index (χ1n) is 11.5. The third-order valence-electron chi connectivity index (χ3n) is 5.79. The van der Waals surface area contributed by atoms with E-state index in [4.69, 9.17) is 0 Å². The van der Waals surface area contributed by atoms with Gasteiger partial charge in [-0.2, -0.15) is 0 Å². The molecule has 0 aliphatic rings. The lowest BCUT2D eigenvalue weighted by atomic mass is 9.89. The SMILES string of the molecule is CCN(CC)c1cc(C)cc(NS(=O)(=O)c2c(C(C)C)cc(C(C)C)cc2C(C)C)c1. The molecule has 2 rings (SSSR count). The number of anilines is 2. The molecule has 0 heterocycles. The summed E-state index contributed by atoms with van der Waals surface area (Å²) in [6.45, 7) is 20.5. The van der Waals surface area contributed by atoms with E-state index in [9.17, 15) is 8.42 Å². The number of rotatable bonds is 9. The lowest BCUT2D eigenvalue weighted by Gasteiger charge is -2.24. The maximum atomic E-state index is 13.7. The fourth-order valence-electron chi connectivity index (χ4n) is 4.00. The standard InChI is InChI=1S/C26H40N2O2S/c1-10-28(11-2)23-13-20(9)12-22(16-23)27-31(29,30)26-24(18(5)6)14-21(17(3)4)15-25(26)19(7)8/h12-19,27H,10-11H2,1-9H3. The van der Waals surface area contributed by atoms with Crippen molar-refractivity contribution in [1.82, 2.24) is 0 Å². The molecule has 2 aromatic carbocycles. The van der Waals surface area contributed by atoms with Crippen molar-refractivity contribution in [1.29, 1.82) is 0 Å². The van der Waals surface area contributed by atoms with E-state index < -0.39 is 10.0 Å². The Morgan fingerprint density at radius 1 is 0.806 bits per heavy atom. The smallest absolute Gasteiger partial charge is 0.262 e. The summed E-state index contributed by atoms with van der Waals surface area (Å²) >= 11 is 0. The zero-order valence-corrected chi connectivity index (χ0v) is 21.5. The molecule has 5 heteroatoms. The molecule has 0 aliphatic carbocycles. The van der Waals surface area contributed by atoms with Crippen molar-refractivity contribution in [2.75, 3.05) is 22.7 Å². The Kier molecular flexibility index (Phi) is 8.21. The van der Waals surface area contributed by atoms with E-state index in [0.29, 0.717) is 16.5 Å². The van der Waals surface area contributed by atoms with Crippen LogP contribution >= 0.6 is 0 Å². The summed E-state index contributed by atoms with van der Waals surface area (Å²) < 4.78 is 30.4. The molecular formula is C26H40N2O2S. The van der Waals surface area contributed by atoms with Crippen molar-refractivity contribution in [3.05, 3.63) is 52.6 Å². The Bertz CT molecular complexity index is 975. The Labute approximate surface area is 190 Å². The third-order valence-corrected chi connectivity index (χ3v) is 7.30. The minimum atomic E-state index is -3.75. The van der Waals surface area contributed by atoms with Gasteiger partial charge in [0, 0.05) is 18.8 Å². The molecule has 31 heavy (non-hydrogen) atoms. The van der Waals surface area contributed by atoms with E-state index in [1.54, 1.807) is 0 Å². The number of nitrogens with zero attached hydrogens (tertiary/aromatic N) is 1.